The molecule has 1 aromatic rings. The molecular formula is C18H31N5O2S. The van der Waals surface area contributed by atoms with E-state index in [2.05, 4.69) is 27.5 Å². The van der Waals surface area contributed by atoms with Crippen LogP contribution in [0.4, 0.5) is 4.79 Å². The molecule has 1 fully saturated rings. The van der Waals surface area contributed by atoms with E-state index in [0.29, 0.717) is 13.1 Å². The lowest BCUT2D eigenvalue weighted by Gasteiger charge is -2.35. The van der Waals surface area contributed by atoms with Crippen molar-refractivity contribution >= 4 is 23.4 Å². The number of piperidine rings is 1. The lowest BCUT2D eigenvalue weighted by Crippen LogP contribution is -2.53. The summed E-state index contributed by atoms with van der Waals surface area (Å²) in [5, 5.41) is 7.76. The number of carbonyl (C=O) groups excluding carboxylic acids is 1. The summed E-state index contributed by atoms with van der Waals surface area (Å²) in [4.78, 5) is 24.1. The number of ether oxygens (including phenoxy) is 1. The second-order valence-corrected chi connectivity index (χ2v) is 8.87. The minimum absolute atomic E-state index is 0.155. The standard InChI is InChI=1S/C18H31N5O2S/c1-12-13(2)26-15(21-12)10-20-16(19-6)22-14-8-7-9-23(11-14)17(24)25-18(3,4)5/h14H,7-11H2,1-6H3,(H2,19,20,22). The number of amides is 1. The molecule has 8 heteroatoms. The van der Waals surface area contributed by atoms with E-state index in [9.17, 15) is 4.79 Å². The number of likely N-dealkylation sites (tertiary alicyclic amines) is 1. The molecular weight excluding hydrogens is 350 g/mol. The predicted octanol–water partition coefficient (Wildman–Crippen LogP) is 2.82. The molecule has 26 heavy (non-hydrogen) atoms. The van der Waals surface area contributed by atoms with Crippen LogP contribution in [0.2, 0.25) is 0 Å². The van der Waals surface area contributed by atoms with Gasteiger partial charge in [0.1, 0.15) is 10.6 Å². The molecule has 0 radical (unpaired) electrons. The molecule has 1 aromatic heterocycles. The summed E-state index contributed by atoms with van der Waals surface area (Å²) in [7, 11) is 1.75. The maximum Gasteiger partial charge on any atom is 0.410 e. The highest BCUT2D eigenvalue weighted by molar-refractivity contribution is 7.11. The van der Waals surface area contributed by atoms with E-state index in [1.165, 1.54) is 4.88 Å². The van der Waals surface area contributed by atoms with E-state index in [1.807, 2.05) is 27.7 Å². The summed E-state index contributed by atoms with van der Waals surface area (Å²) in [5.41, 5.74) is 0.606. The molecule has 1 aliphatic heterocycles. The molecule has 1 unspecified atom stereocenters. The number of aromatic nitrogens is 1. The lowest BCUT2D eigenvalue weighted by atomic mass is 10.1. The van der Waals surface area contributed by atoms with Crippen LogP contribution in [0.3, 0.4) is 0 Å². The third-order valence-corrected chi connectivity index (χ3v) is 5.19. The zero-order valence-corrected chi connectivity index (χ0v) is 17.5. The molecule has 0 saturated carbocycles. The third-order valence-electron chi connectivity index (χ3n) is 4.12. The molecule has 2 rings (SSSR count). The van der Waals surface area contributed by atoms with Gasteiger partial charge in [0.05, 0.1) is 12.2 Å². The molecule has 2 heterocycles. The molecule has 0 aromatic carbocycles. The van der Waals surface area contributed by atoms with Gasteiger partial charge in [0.2, 0.25) is 0 Å². The topological polar surface area (TPSA) is 78.9 Å². The van der Waals surface area contributed by atoms with Crippen LogP contribution in [-0.2, 0) is 11.3 Å². The third kappa shape index (κ3) is 6.16. The van der Waals surface area contributed by atoms with E-state index in [4.69, 9.17) is 4.74 Å². The summed E-state index contributed by atoms with van der Waals surface area (Å²) >= 11 is 1.70. The van der Waals surface area contributed by atoms with Crippen LogP contribution < -0.4 is 10.6 Å². The fraction of sp³-hybridized carbons (Fsp3) is 0.722. The maximum atomic E-state index is 12.3. The van der Waals surface area contributed by atoms with Crippen LogP contribution in [-0.4, -0.2) is 53.7 Å². The highest BCUT2D eigenvalue weighted by atomic mass is 32.1. The van der Waals surface area contributed by atoms with Crippen LogP contribution >= 0.6 is 11.3 Å². The zero-order valence-electron chi connectivity index (χ0n) is 16.7. The highest BCUT2D eigenvalue weighted by Crippen LogP contribution is 2.17. The average Bonchev–Trinajstić information content (AvgIpc) is 2.88. The SMILES string of the molecule is CN=C(NCc1nc(C)c(C)s1)NC1CCCN(C(=O)OC(C)(C)C)C1. The number of aliphatic imine (C=N–C) groups is 1. The van der Waals surface area contributed by atoms with Crippen LogP contribution in [0.5, 0.6) is 0 Å². The van der Waals surface area contributed by atoms with Gasteiger partial charge >= 0.3 is 6.09 Å². The number of nitrogens with zero attached hydrogens (tertiary/aromatic N) is 3. The molecule has 1 saturated heterocycles. The number of guanidine groups is 1. The van der Waals surface area contributed by atoms with E-state index in [-0.39, 0.29) is 12.1 Å². The highest BCUT2D eigenvalue weighted by Gasteiger charge is 2.28. The minimum Gasteiger partial charge on any atom is -0.444 e. The Kier molecular flexibility index (Phi) is 6.86. The van der Waals surface area contributed by atoms with Gasteiger partial charge in [0.25, 0.3) is 0 Å². The van der Waals surface area contributed by atoms with Gasteiger partial charge in [0.15, 0.2) is 5.96 Å². The van der Waals surface area contributed by atoms with Crippen molar-refractivity contribution in [3.05, 3.63) is 15.6 Å². The molecule has 0 spiro atoms. The summed E-state index contributed by atoms with van der Waals surface area (Å²) in [6.45, 7) is 11.8. The number of nitrogens with one attached hydrogen (secondary N) is 2. The van der Waals surface area contributed by atoms with Gasteiger partial charge in [0, 0.05) is 31.1 Å². The number of rotatable bonds is 3. The monoisotopic (exact) mass is 381 g/mol. The van der Waals surface area contributed by atoms with Crippen molar-refractivity contribution in [2.45, 2.75) is 65.6 Å². The molecule has 1 aliphatic rings. The van der Waals surface area contributed by atoms with Crippen LogP contribution in [0.15, 0.2) is 4.99 Å². The maximum absolute atomic E-state index is 12.3. The average molecular weight is 382 g/mol. The molecule has 1 amide bonds. The fourth-order valence-electron chi connectivity index (χ4n) is 2.75. The molecule has 1 atom stereocenters. The second kappa shape index (κ2) is 8.70. The first-order chi connectivity index (χ1) is 12.2. The van der Waals surface area contributed by atoms with Crippen molar-refractivity contribution in [3.8, 4) is 0 Å². The molecule has 0 aliphatic carbocycles. The van der Waals surface area contributed by atoms with Gasteiger partial charge in [-0.1, -0.05) is 0 Å². The van der Waals surface area contributed by atoms with Gasteiger partial charge in [-0.15, -0.1) is 11.3 Å². The van der Waals surface area contributed by atoms with Crippen molar-refractivity contribution in [2.24, 2.45) is 4.99 Å². The van der Waals surface area contributed by atoms with E-state index < -0.39 is 5.60 Å². The molecule has 146 valence electrons. The first-order valence-corrected chi connectivity index (χ1v) is 9.87. The number of hydrogen-bond donors (Lipinski definition) is 2. The van der Waals surface area contributed by atoms with E-state index in [1.54, 1.807) is 23.3 Å². The largest absolute Gasteiger partial charge is 0.444 e. The Morgan fingerprint density at radius 2 is 2.15 bits per heavy atom. The van der Waals surface area contributed by atoms with Crippen molar-refractivity contribution in [1.82, 2.24) is 20.5 Å². The Labute approximate surface area is 160 Å². The van der Waals surface area contributed by atoms with Gasteiger partial charge in [-0.3, -0.25) is 4.99 Å². The Balaban J connectivity index is 1.86. The Morgan fingerprint density at radius 1 is 1.42 bits per heavy atom. The van der Waals surface area contributed by atoms with Gasteiger partial charge in [-0.05, 0) is 47.5 Å². The van der Waals surface area contributed by atoms with Crippen molar-refractivity contribution in [3.63, 3.8) is 0 Å². The summed E-state index contributed by atoms with van der Waals surface area (Å²) in [6, 6.07) is 0.155. The Morgan fingerprint density at radius 3 is 2.73 bits per heavy atom. The van der Waals surface area contributed by atoms with Crippen molar-refractivity contribution in [1.29, 1.82) is 0 Å². The summed E-state index contributed by atoms with van der Waals surface area (Å²) < 4.78 is 5.48. The van der Waals surface area contributed by atoms with Gasteiger partial charge in [-0.2, -0.15) is 0 Å². The number of carbonyl (C=O) groups is 1. The first-order valence-electron chi connectivity index (χ1n) is 9.06. The molecule has 0 bridgehead atoms. The summed E-state index contributed by atoms with van der Waals surface area (Å²) in [6.07, 6.45) is 1.69. The molecule has 2 N–H and O–H groups in total. The van der Waals surface area contributed by atoms with Crippen molar-refractivity contribution in [2.75, 3.05) is 20.1 Å². The van der Waals surface area contributed by atoms with Crippen LogP contribution in [0, 0.1) is 13.8 Å². The van der Waals surface area contributed by atoms with E-state index >= 15 is 0 Å². The van der Waals surface area contributed by atoms with Gasteiger partial charge in [-0.25, -0.2) is 9.78 Å². The zero-order chi connectivity index (χ0) is 19.3. The number of hydrogen-bond acceptors (Lipinski definition) is 5. The number of thiazole rings is 1. The first kappa shape index (κ1) is 20.5. The quantitative estimate of drug-likeness (QED) is 0.622. The van der Waals surface area contributed by atoms with E-state index in [0.717, 1.165) is 36.0 Å². The smallest absolute Gasteiger partial charge is 0.410 e. The van der Waals surface area contributed by atoms with Crippen LogP contribution in [0.25, 0.3) is 0 Å². The summed E-state index contributed by atoms with van der Waals surface area (Å²) in [5.74, 6) is 0.728. The normalized spacial score (nSPS) is 18.6. The fourth-order valence-corrected chi connectivity index (χ4v) is 3.62. The predicted molar refractivity (Wildman–Crippen MR) is 106 cm³/mol. The minimum atomic E-state index is -0.473. The second-order valence-electron chi connectivity index (χ2n) is 7.58. The lowest BCUT2D eigenvalue weighted by molar-refractivity contribution is 0.0193. The van der Waals surface area contributed by atoms with Crippen molar-refractivity contribution < 1.29 is 9.53 Å². The van der Waals surface area contributed by atoms with Gasteiger partial charge < -0.3 is 20.3 Å². The number of aryl methyl sites for hydroxylation is 2. The Hall–Kier alpha value is -1.83. The Bertz CT molecular complexity index is 631. The van der Waals surface area contributed by atoms with Crippen LogP contribution in [0.1, 0.15) is 49.2 Å². The molecule has 7 nitrogen and oxygen atoms in total.